The van der Waals surface area contributed by atoms with Gasteiger partial charge in [-0.3, -0.25) is 9.97 Å². The minimum atomic E-state index is 0.949. The van der Waals surface area contributed by atoms with E-state index in [1.54, 1.807) is 6.20 Å². The second-order valence-electron chi connectivity index (χ2n) is 3.65. The maximum atomic E-state index is 4.42. The molecule has 0 bridgehead atoms. The van der Waals surface area contributed by atoms with Gasteiger partial charge in [-0.15, -0.1) is 0 Å². The van der Waals surface area contributed by atoms with E-state index in [2.05, 4.69) is 33.5 Å². The number of nitrogens with one attached hydrogen (secondary N) is 1. The molecule has 3 nitrogen and oxygen atoms in total. The maximum Gasteiger partial charge on any atom is 0.0985 e. The number of pyridine rings is 2. The third-order valence-electron chi connectivity index (χ3n) is 2.75. The molecule has 2 aromatic heterocycles. The summed E-state index contributed by atoms with van der Waals surface area (Å²) in [6, 6.07) is 10.1. The van der Waals surface area contributed by atoms with E-state index in [1.165, 1.54) is 0 Å². The molecule has 0 spiro atoms. The monoisotopic (exact) mass is 209 g/mol. The topological polar surface area (TPSA) is 37.8 Å². The largest absolute Gasteiger partial charge is 0.388 e. The van der Waals surface area contributed by atoms with Gasteiger partial charge in [-0.25, -0.2) is 0 Å². The Balaban J connectivity index is 2.52. The zero-order chi connectivity index (χ0) is 11.0. The quantitative estimate of drug-likeness (QED) is 0.626. The average Bonchev–Trinajstić information content (AvgIpc) is 2.37. The molecule has 0 aliphatic carbocycles. The first-order valence-corrected chi connectivity index (χ1v) is 5.20. The van der Waals surface area contributed by atoms with Crippen molar-refractivity contribution in [2.24, 2.45) is 0 Å². The van der Waals surface area contributed by atoms with Gasteiger partial charge in [-0.05, 0) is 18.2 Å². The van der Waals surface area contributed by atoms with E-state index in [-0.39, 0.29) is 0 Å². The van der Waals surface area contributed by atoms with Gasteiger partial charge in [0, 0.05) is 35.9 Å². The van der Waals surface area contributed by atoms with Crippen LogP contribution in [0.15, 0.2) is 42.7 Å². The van der Waals surface area contributed by atoms with Gasteiger partial charge in [0.05, 0.1) is 11.0 Å². The Hall–Kier alpha value is -2.16. The molecule has 0 unspecified atom stereocenters. The lowest BCUT2D eigenvalue weighted by Crippen LogP contribution is -1.92. The molecule has 3 heteroatoms. The van der Waals surface area contributed by atoms with Gasteiger partial charge in [-0.2, -0.15) is 0 Å². The highest BCUT2D eigenvalue weighted by Crippen LogP contribution is 2.26. The molecule has 3 aromatic rings. The molecule has 1 aromatic carbocycles. The summed E-state index contributed by atoms with van der Waals surface area (Å²) in [6.45, 7) is 0. The van der Waals surface area contributed by atoms with Crippen LogP contribution in [0, 0.1) is 0 Å². The molecule has 0 amide bonds. The number of rotatable bonds is 1. The Bertz CT molecular complexity index is 661. The molecule has 2 heterocycles. The van der Waals surface area contributed by atoms with E-state index >= 15 is 0 Å². The molecule has 0 radical (unpaired) electrons. The van der Waals surface area contributed by atoms with Crippen LogP contribution in [0.5, 0.6) is 0 Å². The van der Waals surface area contributed by atoms with E-state index in [0.29, 0.717) is 0 Å². The van der Waals surface area contributed by atoms with E-state index in [0.717, 1.165) is 27.5 Å². The molecule has 0 aliphatic rings. The average molecular weight is 209 g/mol. The molecular weight excluding hydrogens is 198 g/mol. The van der Waals surface area contributed by atoms with Crippen molar-refractivity contribution in [2.75, 3.05) is 12.4 Å². The van der Waals surface area contributed by atoms with E-state index < -0.39 is 0 Å². The number of nitrogens with zero attached hydrogens (tertiary/aromatic N) is 2. The fourth-order valence-corrected chi connectivity index (χ4v) is 1.97. The predicted octanol–water partition coefficient (Wildman–Crippen LogP) is 2.82. The van der Waals surface area contributed by atoms with Crippen LogP contribution in [0.4, 0.5) is 5.69 Å². The molecule has 0 aliphatic heterocycles. The Morgan fingerprint density at radius 1 is 0.938 bits per heavy atom. The van der Waals surface area contributed by atoms with Gasteiger partial charge < -0.3 is 5.32 Å². The second-order valence-corrected chi connectivity index (χ2v) is 3.65. The number of hydrogen-bond donors (Lipinski definition) is 1. The van der Waals surface area contributed by atoms with Crippen LogP contribution in [0.3, 0.4) is 0 Å². The lowest BCUT2D eigenvalue weighted by atomic mass is 10.1. The fourth-order valence-electron chi connectivity index (χ4n) is 1.97. The molecule has 0 saturated carbocycles. The fraction of sp³-hybridized carbons (Fsp3) is 0.0769. The van der Waals surface area contributed by atoms with Crippen LogP contribution in [-0.4, -0.2) is 17.0 Å². The number of aromatic nitrogens is 2. The van der Waals surface area contributed by atoms with Crippen LogP contribution >= 0.6 is 0 Å². The van der Waals surface area contributed by atoms with E-state index in [4.69, 9.17) is 0 Å². The highest BCUT2D eigenvalue weighted by Gasteiger charge is 2.04. The lowest BCUT2D eigenvalue weighted by Gasteiger charge is -2.06. The van der Waals surface area contributed by atoms with Crippen LogP contribution in [0.25, 0.3) is 21.8 Å². The smallest absolute Gasteiger partial charge is 0.0985 e. The standard InChI is InChI=1S/C13H11N3/c1-14-11-6-8-16-13-10(11)5-4-9-3-2-7-15-12(9)13/h2-8H,1H3,(H,14,16). The summed E-state index contributed by atoms with van der Waals surface area (Å²) in [5, 5.41) is 5.40. The molecule has 3 rings (SSSR count). The first-order chi connectivity index (χ1) is 7.90. The van der Waals surface area contributed by atoms with E-state index in [9.17, 15) is 0 Å². The molecule has 0 saturated heterocycles. The summed E-state index contributed by atoms with van der Waals surface area (Å²) < 4.78 is 0. The molecule has 1 N–H and O–H groups in total. The molecule has 0 fully saturated rings. The van der Waals surface area contributed by atoms with Crippen molar-refractivity contribution < 1.29 is 0 Å². The Morgan fingerprint density at radius 3 is 2.69 bits per heavy atom. The number of fused-ring (bicyclic) bond motifs is 3. The highest BCUT2D eigenvalue weighted by molar-refractivity contribution is 6.06. The SMILES string of the molecule is CNc1ccnc2c1ccc1cccnc12. The van der Waals surface area contributed by atoms with Crippen molar-refractivity contribution in [1.82, 2.24) is 9.97 Å². The van der Waals surface area contributed by atoms with Crippen LogP contribution in [-0.2, 0) is 0 Å². The Kier molecular flexibility index (Phi) is 1.96. The van der Waals surface area contributed by atoms with Crippen molar-refractivity contribution in [3.8, 4) is 0 Å². The summed E-state index contributed by atoms with van der Waals surface area (Å²) in [7, 11) is 1.91. The number of anilines is 1. The van der Waals surface area contributed by atoms with Gasteiger partial charge in [0.2, 0.25) is 0 Å². The molecule has 16 heavy (non-hydrogen) atoms. The second kappa shape index (κ2) is 3.45. The Labute approximate surface area is 93.1 Å². The van der Waals surface area contributed by atoms with Gasteiger partial charge in [0.1, 0.15) is 0 Å². The van der Waals surface area contributed by atoms with Gasteiger partial charge in [-0.1, -0.05) is 12.1 Å². The zero-order valence-electron chi connectivity index (χ0n) is 8.94. The first-order valence-electron chi connectivity index (χ1n) is 5.20. The lowest BCUT2D eigenvalue weighted by molar-refractivity contribution is 1.37. The minimum Gasteiger partial charge on any atom is -0.388 e. The van der Waals surface area contributed by atoms with Gasteiger partial charge in [0.15, 0.2) is 0 Å². The van der Waals surface area contributed by atoms with Crippen molar-refractivity contribution >= 4 is 27.5 Å². The summed E-state index contributed by atoms with van der Waals surface area (Å²) in [5.41, 5.74) is 2.99. The highest BCUT2D eigenvalue weighted by atomic mass is 14.8. The number of hydrogen-bond acceptors (Lipinski definition) is 3. The van der Waals surface area contributed by atoms with Crippen LogP contribution in [0.1, 0.15) is 0 Å². The van der Waals surface area contributed by atoms with Crippen LogP contribution < -0.4 is 5.32 Å². The Morgan fingerprint density at radius 2 is 1.81 bits per heavy atom. The molecule has 78 valence electrons. The van der Waals surface area contributed by atoms with Gasteiger partial charge in [0.25, 0.3) is 0 Å². The predicted molar refractivity (Wildman–Crippen MR) is 66.6 cm³/mol. The first kappa shape index (κ1) is 9.09. The number of benzene rings is 1. The molecule has 0 atom stereocenters. The zero-order valence-corrected chi connectivity index (χ0v) is 8.94. The third-order valence-corrected chi connectivity index (χ3v) is 2.75. The summed E-state index contributed by atoms with van der Waals surface area (Å²) in [4.78, 5) is 8.81. The van der Waals surface area contributed by atoms with Crippen LogP contribution in [0.2, 0.25) is 0 Å². The van der Waals surface area contributed by atoms with E-state index in [1.807, 2.05) is 25.4 Å². The van der Waals surface area contributed by atoms with Crippen molar-refractivity contribution in [1.29, 1.82) is 0 Å². The summed E-state index contributed by atoms with van der Waals surface area (Å²) in [5.74, 6) is 0. The molecular formula is C13H11N3. The minimum absolute atomic E-state index is 0.949. The van der Waals surface area contributed by atoms with Gasteiger partial charge >= 0.3 is 0 Å². The normalized spacial score (nSPS) is 10.8. The maximum absolute atomic E-state index is 4.42. The summed E-state index contributed by atoms with van der Waals surface area (Å²) >= 11 is 0. The van der Waals surface area contributed by atoms with Crippen molar-refractivity contribution in [3.05, 3.63) is 42.7 Å². The third kappa shape index (κ3) is 1.21. The van der Waals surface area contributed by atoms with Crippen molar-refractivity contribution in [2.45, 2.75) is 0 Å². The van der Waals surface area contributed by atoms with Crippen molar-refractivity contribution in [3.63, 3.8) is 0 Å². The summed E-state index contributed by atoms with van der Waals surface area (Å²) in [6.07, 6.45) is 3.61.